The summed E-state index contributed by atoms with van der Waals surface area (Å²) in [4.78, 5) is 14.6. The van der Waals surface area contributed by atoms with Crippen molar-refractivity contribution in [2.24, 2.45) is 0 Å². The Balaban J connectivity index is 2.00. The third-order valence-electron chi connectivity index (χ3n) is 4.57. The molecule has 1 aliphatic rings. The first kappa shape index (κ1) is 20.5. The molecule has 4 rings (SSSR count). The molecule has 0 fully saturated rings. The van der Waals surface area contributed by atoms with Crippen LogP contribution in [0.15, 0.2) is 70.1 Å². The first-order valence-corrected chi connectivity index (χ1v) is 9.65. The van der Waals surface area contributed by atoms with Crippen LogP contribution in [0.3, 0.4) is 0 Å². The number of aromatic nitrogens is 2. The molecule has 0 saturated carbocycles. The molecule has 0 atom stereocenters. The summed E-state index contributed by atoms with van der Waals surface area (Å²) in [7, 11) is 0. The van der Waals surface area contributed by atoms with Gasteiger partial charge in [0.2, 0.25) is 11.6 Å². The number of allylic oxidation sites excluding steroid dienone is 4. The molecule has 1 aromatic carbocycles. The van der Waals surface area contributed by atoms with Crippen LogP contribution in [0.1, 0.15) is 5.56 Å². The van der Waals surface area contributed by atoms with Gasteiger partial charge in [-0.2, -0.15) is 4.90 Å². The van der Waals surface area contributed by atoms with Crippen molar-refractivity contribution < 1.29 is 14.4 Å². The zero-order valence-corrected chi connectivity index (χ0v) is 17.2. The predicted molar refractivity (Wildman–Crippen MR) is 119 cm³/mol. The smallest absolute Gasteiger partial charge is 0.262 e. The molecule has 0 amide bonds. The van der Waals surface area contributed by atoms with E-state index in [0.717, 1.165) is 0 Å². The summed E-state index contributed by atoms with van der Waals surface area (Å²) in [5.41, 5.74) is 0.0738. The van der Waals surface area contributed by atoms with E-state index < -0.39 is 16.3 Å². The fraction of sp³-hybridized carbons (Fsp3) is 0. The maximum atomic E-state index is 12.5. The van der Waals surface area contributed by atoms with Gasteiger partial charge in [-0.3, -0.25) is 14.3 Å². The van der Waals surface area contributed by atoms with Crippen LogP contribution in [0.25, 0.3) is 17.3 Å². The third kappa shape index (κ3) is 3.83. The van der Waals surface area contributed by atoms with Gasteiger partial charge in [0.1, 0.15) is 11.0 Å². The van der Waals surface area contributed by atoms with Gasteiger partial charge in [0.15, 0.2) is 4.77 Å². The monoisotopic (exact) mass is 454 g/mol. The molecule has 0 spiro atoms. The molecular formula is C21H13ClN3O5S-. The zero-order valence-electron chi connectivity index (χ0n) is 15.6. The summed E-state index contributed by atoms with van der Waals surface area (Å²) in [6.45, 7) is 0. The van der Waals surface area contributed by atoms with Gasteiger partial charge >= 0.3 is 0 Å². The molecule has 8 nitrogen and oxygen atoms in total. The molecule has 0 unspecified atom stereocenters. The molecule has 2 heterocycles. The lowest BCUT2D eigenvalue weighted by atomic mass is 10.0. The Hall–Kier alpha value is -3.82. The van der Waals surface area contributed by atoms with Gasteiger partial charge in [-0.05, 0) is 54.7 Å². The highest BCUT2D eigenvalue weighted by Crippen LogP contribution is 2.21. The normalized spacial score (nSPS) is 15.5. The second-order valence-corrected chi connectivity index (χ2v) is 7.25. The fourth-order valence-electron chi connectivity index (χ4n) is 3.15. The standard InChI is InChI=1S/C21H13ClN3O5S/c22-12-5-7-13(8-6-12)24-20(27)16(19(26)23-21(24)31)11-18-15(9-10-30-18)14-3-1-2-4-17(14)25(28)29/h1-11H,(H2-,23,26,27,28,29,31)/q-1. The van der Waals surface area contributed by atoms with E-state index in [1.807, 2.05) is 0 Å². The van der Waals surface area contributed by atoms with Gasteiger partial charge in [0, 0.05) is 16.3 Å². The molecule has 2 aromatic heterocycles. The van der Waals surface area contributed by atoms with Crippen molar-refractivity contribution in [3.8, 4) is 11.6 Å². The van der Waals surface area contributed by atoms with Crippen molar-refractivity contribution in [3.63, 3.8) is 0 Å². The van der Waals surface area contributed by atoms with E-state index in [9.17, 15) is 20.3 Å². The van der Waals surface area contributed by atoms with Gasteiger partial charge in [-0.1, -0.05) is 23.8 Å². The molecule has 0 bridgehead atoms. The lowest BCUT2D eigenvalue weighted by molar-refractivity contribution is -0.376. The molecule has 0 aliphatic heterocycles. The van der Waals surface area contributed by atoms with Gasteiger partial charge in [0.05, 0.1) is 17.5 Å². The van der Waals surface area contributed by atoms with E-state index in [-0.39, 0.29) is 21.5 Å². The Morgan fingerprint density at radius 2 is 1.87 bits per heavy atom. The molecule has 3 aromatic rings. The van der Waals surface area contributed by atoms with E-state index >= 15 is 0 Å². The number of hydrogen-bond donors (Lipinski definition) is 2. The number of H-pyrrole nitrogens is 1. The largest absolute Gasteiger partial charge is 0.612 e. The van der Waals surface area contributed by atoms with Gasteiger partial charge < -0.3 is 19.9 Å². The second kappa shape index (κ2) is 8.13. The van der Waals surface area contributed by atoms with Crippen LogP contribution < -0.4 is 16.2 Å². The molecule has 2 N–H and O–H groups in total. The minimum atomic E-state index is -0.641. The number of furan rings is 1. The molecule has 31 heavy (non-hydrogen) atoms. The maximum absolute atomic E-state index is 12.5. The van der Waals surface area contributed by atoms with Gasteiger partial charge in [-0.15, -0.1) is 0 Å². The Bertz CT molecular complexity index is 1500. The highest BCUT2D eigenvalue weighted by atomic mass is 35.5. The van der Waals surface area contributed by atoms with Crippen molar-refractivity contribution in [1.29, 1.82) is 0 Å². The lowest BCUT2D eigenvalue weighted by Crippen LogP contribution is -2.28. The Morgan fingerprint density at radius 1 is 1.16 bits per heavy atom. The highest BCUT2D eigenvalue weighted by molar-refractivity contribution is 7.71. The molecular weight excluding hydrogens is 442 g/mol. The molecule has 0 saturated heterocycles. The zero-order chi connectivity index (χ0) is 22.1. The van der Waals surface area contributed by atoms with E-state index in [0.29, 0.717) is 21.5 Å². The Kier molecular flexibility index (Phi) is 5.37. The first-order valence-electron chi connectivity index (χ1n) is 8.87. The first-order chi connectivity index (χ1) is 14.9. The quantitative estimate of drug-likeness (QED) is 0.348. The summed E-state index contributed by atoms with van der Waals surface area (Å²) in [5, 5.41) is 34.5. The number of aromatic amines is 1. The minimum Gasteiger partial charge on any atom is -0.612 e. The number of rotatable bonds is 2. The van der Waals surface area contributed by atoms with Gasteiger partial charge in [0.25, 0.3) is 5.56 Å². The van der Waals surface area contributed by atoms with Crippen molar-refractivity contribution >= 4 is 41.2 Å². The number of hydrogen-bond acceptors (Lipinski definition) is 6. The van der Waals surface area contributed by atoms with Crippen molar-refractivity contribution in [1.82, 2.24) is 9.55 Å². The summed E-state index contributed by atoms with van der Waals surface area (Å²) < 4.78 is 6.72. The van der Waals surface area contributed by atoms with Gasteiger partial charge in [-0.25, -0.2) is 0 Å². The summed E-state index contributed by atoms with van der Waals surface area (Å²) in [6.07, 6.45) is 8.81. The third-order valence-corrected chi connectivity index (χ3v) is 5.10. The van der Waals surface area contributed by atoms with E-state index in [1.54, 1.807) is 48.6 Å². The van der Waals surface area contributed by atoms with E-state index in [1.165, 1.54) is 23.0 Å². The van der Waals surface area contributed by atoms with Crippen LogP contribution in [0.2, 0.25) is 5.02 Å². The number of halogens is 1. The molecule has 10 heteroatoms. The van der Waals surface area contributed by atoms with Crippen molar-refractivity contribution in [2.75, 3.05) is 0 Å². The SMILES string of the molecule is O=c1[nH]c(=S)n(-c2ccc(Cl)cc2)c(O)c1C=c1occc1=C1C=CC=CC1=[N+]([O-])[O-]. The Labute approximate surface area is 184 Å². The van der Waals surface area contributed by atoms with Crippen LogP contribution in [0, 0.1) is 15.2 Å². The number of nitrogens with one attached hydrogen (secondary N) is 1. The van der Waals surface area contributed by atoms with E-state index in [2.05, 4.69) is 4.98 Å². The fourth-order valence-corrected chi connectivity index (χ4v) is 3.56. The molecule has 156 valence electrons. The molecule has 0 radical (unpaired) electrons. The van der Waals surface area contributed by atoms with Crippen LogP contribution in [0.4, 0.5) is 0 Å². The van der Waals surface area contributed by atoms with Crippen molar-refractivity contribution in [3.05, 3.63) is 108 Å². The minimum absolute atomic E-state index is 0.0136. The van der Waals surface area contributed by atoms with Crippen LogP contribution >= 0.6 is 23.8 Å². The highest BCUT2D eigenvalue weighted by Gasteiger charge is 2.16. The summed E-state index contributed by atoms with van der Waals surface area (Å²) in [5.74, 6) is -0.416. The topological polar surface area (TPSA) is 120 Å². The summed E-state index contributed by atoms with van der Waals surface area (Å²) >= 11 is 11.1. The number of nitrogens with zero attached hydrogens (tertiary/aromatic N) is 2. The maximum Gasteiger partial charge on any atom is 0.262 e. The van der Waals surface area contributed by atoms with Crippen LogP contribution in [-0.2, 0) is 0 Å². The molecule has 1 aliphatic carbocycles. The second-order valence-electron chi connectivity index (χ2n) is 6.43. The Morgan fingerprint density at radius 3 is 2.58 bits per heavy atom. The number of benzene rings is 1. The van der Waals surface area contributed by atoms with E-state index in [4.69, 9.17) is 28.2 Å². The average Bonchev–Trinajstić information content (AvgIpc) is 3.20. The van der Waals surface area contributed by atoms with Crippen LogP contribution in [0.5, 0.6) is 5.88 Å². The van der Waals surface area contributed by atoms with Crippen LogP contribution in [-0.4, -0.2) is 25.3 Å². The predicted octanol–water partition coefficient (Wildman–Crippen LogP) is 2.40. The summed E-state index contributed by atoms with van der Waals surface area (Å²) in [6, 6.07) is 8.04. The lowest BCUT2D eigenvalue weighted by Gasteiger charge is -2.11. The number of aromatic hydroxyl groups is 1. The average molecular weight is 455 g/mol. The van der Waals surface area contributed by atoms with Crippen molar-refractivity contribution in [2.45, 2.75) is 0 Å².